The number of benzene rings is 2. The normalized spacial score (nSPS) is 20.0. The number of anilines is 2. The molecule has 4 rings (SSSR count). The van der Waals surface area contributed by atoms with Crippen molar-refractivity contribution in [3.05, 3.63) is 59.7 Å². The molecule has 25 heavy (non-hydrogen) atoms. The van der Waals surface area contributed by atoms with Crippen molar-refractivity contribution >= 4 is 35.0 Å². The van der Waals surface area contributed by atoms with Crippen LogP contribution in [0.15, 0.2) is 48.5 Å². The van der Waals surface area contributed by atoms with Gasteiger partial charge in [0.25, 0.3) is 0 Å². The van der Waals surface area contributed by atoms with Crippen molar-refractivity contribution in [2.45, 2.75) is 25.1 Å². The van der Waals surface area contributed by atoms with E-state index in [1.54, 1.807) is 11.8 Å². The second-order valence-electron chi connectivity index (χ2n) is 6.66. The summed E-state index contributed by atoms with van der Waals surface area (Å²) in [6.07, 6.45) is 1.97. The molecule has 1 saturated carbocycles. The fourth-order valence-electron chi connectivity index (χ4n) is 3.09. The summed E-state index contributed by atoms with van der Waals surface area (Å²) in [5.74, 6) is 0.864. The summed E-state index contributed by atoms with van der Waals surface area (Å²) in [6.45, 7) is 2.03. The number of carbonyl (C=O) groups excluding carboxylic acids is 2. The molecule has 1 saturated heterocycles. The van der Waals surface area contributed by atoms with Crippen molar-refractivity contribution in [1.82, 2.24) is 0 Å². The maximum absolute atomic E-state index is 12.5. The minimum atomic E-state index is -0.0629. The smallest absolute Gasteiger partial charge is 0.238 e. The van der Waals surface area contributed by atoms with Crippen LogP contribution in [-0.4, -0.2) is 17.6 Å². The molecule has 2 aromatic rings. The van der Waals surface area contributed by atoms with Crippen molar-refractivity contribution < 1.29 is 9.59 Å². The molecule has 1 aliphatic heterocycles. The SMILES string of the molecule is Cc1cccc(N2C(=O)CSC2c2cccc(NC(=O)C3CC3)c2)c1. The molecule has 5 heteroatoms. The summed E-state index contributed by atoms with van der Waals surface area (Å²) in [5.41, 5.74) is 3.89. The van der Waals surface area contributed by atoms with Gasteiger partial charge in [0.2, 0.25) is 11.8 Å². The average Bonchev–Trinajstić information content (AvgIpc) is 3.38. The van der Waals surface area contributed by atoms with Crippen LogP contribution in [0.2, 0.25) is 0 Å². The van der Waals surface area contributed by atoms with Crippen LogP contribution in [-0.2, 0) is 9.59 Å². The standard InChI is InChI=1S/C20H20N2O2S/c1-13-4-2-7-17(10-13)22-18(23)12-25-20(22)15-5-3-6-16(11-15)21-19(24)14-8-9-14/h2-7,10-11,14,20H,8-9,12H2,1H3,(H,21,24). The van der Waals surface area contributed by atoms with Crippen LogP contribution >= 0.6 is 11.8 Å². The van der Waals surface area contributed by atoms with E-state index in [-0.39, 0.29) is 23.1 Å². The first kappa shape index (κ1) is 16.2. The Morgan fingerprint density at radius 2 is 1.96 bits per heavy atom. The zero-order valence-electron chi connectivity index (χ0n) is 14.1. The molecule has 0 spiro atoms. The van der Waals surface area contributed by atoms with Gasteiger partial charge in [-0.2, -0.15) is 0 Å². The molecule has 1 unspecified atom stereocenters. The second kappa shape index (κ2) is 6.56. The predicted molar refractivity (Wildman–Crippen MR) is 102 cm³/mol. The molecule has 2 fully saturated rings. The largest absolute Gasteiger partial charge is 0.326 e. The maximum atomic E-state index is 12.5. The monoisotopic (exact) mass is 352 g/mol. The van der Waals surface area contributed by atoms with Crippen LogP contribution in [0.1, 0.15) is 29.3 Å². The third-order valence-corrected chi connectivity index (χ3v) is 5.75. The lowest BCUT2D eigenvalue weighted by Gasteiger charge is -2.25. The average molecular weight is 352 g/mol. The van der Waals surface area contributed by atoms with Crippen molar-refractivity contribution in [3.63, 3.8) is 0 Å². The van der Waals surface area contributed by atoms with Gasteiger partial charge in [0.1, 0.15) is 5.37 Å². The lowest BCUT2D eigenvalue weighted by atomic mass is 10.1. The Hall–Kier alpha value is -2.27. The number of nitrogens with one attached hydrogen (secondary N) is 1. The zero-order valence-corrected chi connectivity index (χ0v) is 14.9. The number of aryl methyl sites for hydroxylation is 1. The molecule has 1 atom stereocenters. The Morgan fingerprint density at radius 3 is 2.72 bits per heavy atom. The molecule has 0 bridgehead atoms. The molecule has 128 valence electrons. The lowest BCUT2D eigenvalue weighted by molar-refractivity contribution is -0.117. The summed E-state index contributed by atoms with van der Waals surface area (Å²) in [7, 11) is 0. The van der Waals surface area contributed by atoms with E-state index in [2.05, 4.69) is 5.32 Å². The first-order valence-electron chi connectivity index (χ1n) is 8.53. The number of thioether (sulfide) groups is 1. The fraction of sp³-hybridized carbons (Fsp3) is 0.300. The Labute approximate surface area is 151 Å². The van der Waals surface area contributed by atoms with Crippen molar-refractivity contribution in [3.8, 4) is 0 Å². The highest BCUT2D eigenvalue weighted by Crippen LogP contribution is 2.42. The first-order chi connectivity index (χ1) is 12.1. The third-order valence-electron chi connectivity index (χ3n) is 4.54. The third kappa shape index (κ3) is 3.42. The van der Waals surface area contributed by atoms with Crippen LogP contribution in [0.5, 0.6) is 0 Å². The van der Waals surface area contributed by atoms with Crippen LogP contribution in [0, 0.1) is 12.8 Å². The van der Waals surface area contributed by atoms with Gasteiger partial charge in [0, 0.05) is 17.3 Å². The summed E-state index contributed by atoms with van der Waals surface area (Å²) in [4.78, 5) is 26.3. The Morgan fingerprint density at radius 1 is 1.16 bits per heavy atom. The highest BCUT2D eigenvalue weighted by molar-refractivity contribution is 8.00. The van der Waals surface area contributed by atoms with E-state index in [0.29, 0.717) is 5.75 Å². The molecule has 1 heterocycles. The van der Waals surface area contributed by atoms with Gasteiger partial charge in [-0.15, -0.1) is 11.8 Å². The van der Waals surface area contributed by atoms with Crippen LogP contribution < -0.4 is 10.2 Å². The molecule has 1 N–H and O–H groups in total. The number of hydrogen-bond donors (Lipinski definition) is 1. The Bertz CT molecular complexity index is 832. The Kier molecular flexibility index (Phi) is 4.25. The van der Waals surface area contributed by atoms with Crippen molar-refractivity contribution in [2.24, 2.45) is 5.92 Å². The summed E-state index contributed by atoms with van der Waals surface area (Å²) in [6, 6.07) is 15.9. The predicted octanol–water partition coefficient (Wildman–Crippen LogP) is 4.12. The van der Waals surface area contributed by atoms with Gasteiger partial charge in [-0.05, 0) is 55.2 Å². The minimum Gasteiger partial charge on any atom is -0.326 e. The van der Waals surface area contributed by atoms with E-state index >= 15 is 0 Å². The molecule has 1 aliphatic carbocycles. The van der Waals surface area contributed by atoms with Gasteiger partial charge in [0.15, 0.2) is 0 Å². The number of rotatable bonds is 4. The van der Waals surface area contributed by atoms with E-state index in [9.17, 15) is 9.59 Å². The second-order valence-corrected chi connectivity index (χ2v) is 7.72. The lowest BCUT2D eigenvalue weighted by Crippen LogP contribution is -2.27. The van der Waals surface area contributed by atoms with E-state index < -0.39 is 0 Å². The van der Waals surface area contributed by atoms with Crippen LogP contribution in [0.4, 0.5) is 11.4 Å². The van der Waals surface area contributed by atoms with E-state index in [1.165, 1.54) is 0 Å². The van der Waals surface area contributed by atoms with Gasteiger partial charge in [-0.3, -0.25) is 14.5 Å². The van der Waals surface area contributed by atoms with Gasteiger partial charge in [-0.1, -0.05) is 24.3 Å². The molecular formula is C20H20N2O2S. The van der Waals surface area contributed by atoms with Crippen molar-refractivity contribution in [2.75, 3.05) is 16.0 Å². The Balaban J connectivity index is 1.61. The maximum Gasteiger partial charge on any atom is 0.238 e. The summed E-state index contributed by atoms with van der Waals surface area (Å²) >= 11 is 1.62. The molecule has 2 amide bonds. The van der Waals surface area contributed by atoms with Gasteiger partial charge < -0.3 is 5.32 Å². The molecule has 0 aromatic heterocycles. The number of nitrogens with zero attached hydrogens (tertiary/aromatic N) is 1. The summed E-state index contributed by atoms with van der Waals surface area (Å²) < 4.78 is 0. The highest BCUT2D eigenvalue weighted by atomic mass is 32.2. The van der Waals surface area contributed by atoms with Gasteiger partial charge in [-0.25, -0.2) is 0 Å². The molecule has 2 aromatic carbocycles. The minimum absolute atomic E-state index is 0.0629. The highest BCUT2D eigenvalue weighted by Gasteiger charge is 2.34. The first-order valence-corrected chi connectivity index (χ1v) is 9.58. The van der Waals surface area contributed by atoms with Gasteiger partial charge in [0.05, 0.1) is 5.75 Å². The van der Waals surface area contributed by atoms with Crippen LogP contribution in [0.25, 0.3) is 0 Å². The van der Waals surface area contributed by atoms with E-state index in [4.69, 9.17) is 0 Å². The number of amides is 2. The quantitative estimate of drug-likeness (QED) is 0.900. The molecule has 0 radical (unpaired) electrons. The van der Waals surface area contributed by atoms with E-state index in [0.717, 1.165) is 35.3 Å². The fourth-order valence-corrected chi connectivity index (χ4v) is 4.25. The zero-order chi connectivity index (χ0) is 17.4. The molecular weight excluding hydrogens is 332 g/mol. The topological polar surface area (TPSA) is 49.4 Å². The van der Waals surface area contributed by atoms with Crippen molar-refractivity contribution in [1.29, 1.82) is 0 Å². The number of carbonyl (C=O) groups is 2. The molecule has 2 aliphatic rings. The van der Waals surface area contributed by atoms with Crippen LogP contribution in [0.3, 0.4) is 0 Å². The van der Waals surface area contributed by atoms with E-state index in [1.807, 2.05) is 60.4 Å². The number of hydrogen-bond acceptors (Lipinski definition) is 3. The van der Waals surface area contributed by atoms with Gasteiger partial charge >= 0.3 is 0 Å². The molecule has 4 nitrogen and oxygen atoms in total. The summed E-state index contributed by atoms with van der Waals surface area (Å²) in [5, 5.41) is 2.93.